The lowest BCUT2D eigenvalue weighted by Gasteiger charge is -2.12. The molecule has 17 heavy (non-hydrogen) atoms. The molecule has 88 valence electrons. The van der Waals surface area contributed by atoms with Crippen LogP contribution in [-0.4, -0.2) is 6.29 Å². The number of carbonyl (C=O) groups excluding carboxylic acids is 1. The Kier molecular flexibility index (Phi) is 2.76. The summed E-state index contributed by atoms with van der Waals surface area (Å²) in [5.74, 6) is 1.02. The largest absolute Gasteiger partial charge is 0.453 e. The lowest BCUT2D eigenvalue weighted by molar-refractivity contribution is 0.110. The average Bonchev–Trinajstić information content (AvgIpc) is 2.74. The predicted molar refractivity (Wildman–Crippen MR) is 68.2 cm³/mol. The van der Waals surface area contributed by atoms with Gasteiger partial charge in [-0.15, -0.1) is 0 Å². The van der Waals surface area contributed by atoms with Crippen LogP contribution in [0.5, 0.6) is 0 Å². The maximum atomic E-state index is 10.6. The molecule has 2 N–H and O–H groups in total. The van der Waals surface area contributed by atoms with Gasteiger partial charge in [0.15, 0.2) is 12.0 Å². The van der Waals surface area contributed by atoms with Crippen molar-refractivity contribution in [1.82, 2.24) is 0 Å². The number of furan rings is 1. The fourth-order valence-electron chi connectivity index (χ4n) is 2.13. The highest BCUT2D eigenvalue weighted by Crippen LogP contribution is 2.33. The maximum Gasteiger partial charge on any atom is 0.185 e. The van der Waals surface area contributed by atoms with Crippen molar-refractivity contribution < 1.29 is 9.21 Å². The molecule has 2 aromatic rings. The van der Waals surface area contributed by atoms with Crippen molar-refractivity contribution in [1.29, 1.82) is 0 Å². The fourth-order valence-corrected chi connectivity index (χ4v) is 2.13. The summed E-state index contributed by atoms with van der Waals surface area (Å²) in [7, 11) is 0. The van der Waals surface area contributed by atoms with Crippen molar-refractivity contribution in [3.8, 4) is 11.3 Å². The molecule has 1 aromatic heterocycles. The fraction of sp³-hybridized carbons (Fsp3) is 0.214. The van der Waals surface area contributed by atoms with Gasteiger partial charge in [-0.05, 0) is 49.6 Å². The van der Waals surface area contributed by atoms with Crippen LogP contribution in [0.15, 0.2) is 22.6 Å². The number of anilines is 1. The Labute approximate surface area is 100 Å². The zero-order valence-corrected chi connectivity index (χ0v) is 10.2. The van der Waals surface area contributed by atoms with E-state index in [-0.39, 0.29) is 0 Å². The monoisotopic (exact) mass is 229 g/mol. The molecule has 0 saturated carbocycles. The second-order valence-corrected chi connectivity index (χ2v) is 4.24. The minimum atomic E-state index is 0.331. The van der Waals surface area contributed by atoms with E-state index in [1.54, 1.807) is 12.1 Å². The first-order valence-corrected chi connectivity index (χ1v) is 5.46. The van der Waals surface area contributed by atoms with Crippen molar-refractivity contribution in [2.45, 2.75) is 20.8 Å². The van der Waals surface area contributed by atoms with E-state index in [1.807, 2.05) is 26.8 Å². The first-order chi connectivity index (χ1) is 8.04. The van der Waals surface area contributed by atoms with Gasteiger partial charge in [-0.2, -0.15) is 0 Å². The predicted octanol–water partition coefficient (Wildman–Crippen LogP) is 3.27. The van der Waals surface area contributed by atoms with Gasteiger partial charge in [0.2, 0.25) is 0 Å². The van der Waals surface area contributed by atoms with Gasteiger partial charge in [0, 0.05) is 11.3 Å². The standard InChI is InChI=1S/C14H15NO2/c1-8-6-9(2)14(15)10(3)13(8)12-5-4-11(7-16)17-12/h4-7H,15H2,1-3H3. The van der Waals surface area contributed by atoms with E-state index in [9.17, 15) is 4.79 Å². The molecule has 0 atom stereocenters. The quantitative estimate of drug-likeness (QED) is 0.635. The van der Waals surface area contributed by atoms with Crippen LogP contribution >= 0.6 is 0 Å². The van der Waals surface area contributed by atoms with E-state index < -0.39 is 0 Å². The highest BCUT2D eigenvalue weighted by molar-refractivity contribution is 5.77. The van der Waals surface area contributed by atoms with Gasteiger partial charge in [-0.25, -0.2) is 0 Å². The molecule has 0 aliphatic rings. The van der Waals surface area contributed by atoms with Gasteiger partial charge >= 0.3 is 0 Å². The molecule has 0 aliphatic heterocycles. The molecule has 0 fully saturated rings. The second-order valence-electron chi connectivity index (χ2n) is 4.24. The van der Waals surface area contributed by atoms with Crippen LogP contribution in [0.2, 0.25) is 0 Å². The van der Waals surface area contributed by atoms with Crippen LogP contribution in [0.4, 0.5) is 5.69 Å². The Morgan fingerprint density at radius 1 is 1.18 bits per heavy atom. The first-order valence-electron chi connectivity index (χ1n) is 5.46. The van der Waals surface area contributed by atoms with Gasteiger partial charge in [-0.3, -0.25) is 4.79 Å². The normalized spacial score (nSPS) is 10.5. The van der Waals surface area contributed by atoms with Crippen molar-refractivity contribution in [2.24, 2.45) is 0 Å². The zero-order chi connectivity index (χ0) is 12.6. The Bertz CT molecular complexity index is 582. The number of carbonyl (C=O) groups is 1. The minimum Gasteiger partial charge on any atom is -0.453 e. The molecule has 0 saturated heterocycles. The molecule has 1 heterocycles. The third kappa shape index (κ3) is 1.84. The number of nitrogens with two attached hydrogens (primary N) is 1. The zero-order valence-electron chi connectivity index (χ0n) is 10.2. The third-order valence-corrected chi connectivity index (χ3v) is 3.02. The number of aryl methyl sites for hydroxylation is 2. The number of hydrogen-bond acceptors (Lipinski definition) is 3. The van der Waals surface area contributed by atoms with Gasteiger partial charge in [0.05, 0.1) is 0 Å². The lowest BCUT2D eigenvalue weighted by atomic mass is 9.96. The van der Waals surface area contributed by atoms with Crippen LogP contribution in [-0.2, 0) is 0 Å². The highest BCUT2D eigenvalue weighted by Gasteiger charge is 2.13. The Morgan fingerprint density at radius 3 is 2.47 bits per heavy atom. The lowest BCUT2D eigenvalue weighted by Crippen LogP contribution is -1.98. The van der Waals surface area contributed by atoms with Crippen LogP contribution in [0.1, 0.15) is 27.2 Å². The van der Waals surface area contributed by atoms with Gasteiger partial charge in [-0.1, -0.05) is 6.07 Å². The summed E-state index contributed by atoms with van der Waals surface area (Å²) in [6, 6.07) is 5.49. The van der Waals surface area contributed by atoms with E-state index in [4.69, 9.17) is 10.2 Å². The molecule has 0 unspecified atom stereocenters. The molecular formula is C14H15NO2. The summed E-state index contributed by atoms with van der Waals surface area (Å²) in [6.45, 7) is 5.96. The van der Waals surface area contributed by atoms with Gasteiger partial charge in [0.25, 0.3) is 0 Å². The second kappa shape index (κ2) is 4.09. The molecule has 3 nitrogen and oxygen atoms in total. The Hall–Kier alpha value is -2.03. The average molecular weight is 229 g/mol. The molecule has 2 rings (SSSR count). The first kappa shape index (κ1) is 11.5. The van der Waals surface area contributed by atoms with E-state index in [0.29, 0.717) is 17.8 Å². The van der Waals surface area contributed by atoms with Crippen LogP contribution in [0.3, 0.4) is 0 Å². The van der Waals surface area contributed by atoms with Gasteiger partial charge < -0.3 is 10.2 Å². The molecule has 3 heteroatoms. The van der Waals surface area contributed by atoms with Crippen molar-refractivity contribution in [2.75, 3.05) is 5.73 Å². The third-order valence-electron chi connectivity index (χ3n) is 3.02. The van der Waals surface area contributed by atoms with Crippen molar-refractivity contribution in [3.63, 3.8) is 0 Å². The van der Waals surface area contributed by atoms with E-state index >= 15 is 0 Å². The van der Waals surface area contributed by atoms with Crippen LogP contribution in [0, 0.1) is 20.8 Å². The molecule has 0 bridgehead atoms. The number of benzene rings is 1. The number of rotatable bonds is 2. The molecule has 0 spiro atoms. The smallest absolute Gasteiger partial charge is 0.185 e. The summed E-state index contributed by atoms with van der Waals surface area (Å²) >= 11 is 0. The summed E-state index contributed by atoms with van der Waals surface area (Å²) in [5.41, 5.74) is 10.9. The summed E-state index contributed by atoms with van der Waals surface area (Å²) in [4.78, 5) is 10.6. The van der Waals surface area contributed by atoms with E-state index in [0.717, 1.165) is 27.9 Å². The van der Waals surface area contributed by atoms with E-state index in [2.05, 4.69) is 0 Å². The highest BCUT2D eigenvalue weighted by atomic mass is 16.3. The van der Waals surface area contributed by atoms with Gasteiger partial charge in [0.1, 0.15) is 5.76 Å². The molecular weight excluding hydrogens is 214 g/mol. The van der Waals surface area contributed by atoms with Crippen LogP contribution < -0.4 is 5.73 Å². The number of aldehydes is 1. The van der Waals surface area contributed by atoms with E-state index in [1.165, 1.54) is 0 Å². The maximum absolute atomic E-state index is 10.6. The summed E-state index contributed by atoms with van der Waals surface area (Å²) in [6.07, 6.45) is 0.700. The minimum absolute atomic E-state index is 0.331. The molecule has 0 aliphatic carbocycles. The number of nitrogen functional groups attached to an aromatic ring is 1. The topological polar surface area (TPSA) is 56.2 Å². The SMILES string of the molecule is Cc1cc(C)c(-c2ccc(C=O)o2)c(C)c1N. The molecule has 1 aromatic carbocycles. The summed E-state index contributed by atoms with van der Waals surface area (Å²) in [5, 5.41) is 0. The van der Waals surface area contributed by atoms with Crippen molar-refractivity contribution in [3.05, 3.63) is 40.6 Å². The van der Waals surface area contributed by atoms with Crippen LogP contribution in [0.25, 0.3) is 11.3 Å². The summed E-state index contributed by atoms with van der Waals surface area (Å²) < 4.78 is 5.45. The molecule has 0 amide bonds. The Balaban J connectivity index is 2.66. The van der Waals surface area contributed by atoms with Crippen molar-refractivity contribution >= 4 is 12.0 Å². The number of hydrogen-bond donors (Lipinski definition) is 1. The molecule has 0 radical (unpaired) electrons. The Morgan fingerprint density at radius 2 is 1.88 bits per heavy atom.